The molecule has 188 valence electrons. The molecular weight excluding hydrogens is 438 g/mol. The summed E-state index contributed by atoms with van der Waals surface area (Å²) in [4.78, 5) is 21.9. The molecule has 0 aliphatic rings. The topological polar surface area (TPSA) is 115 Å². The van der Waals surface area contributed by atoms with Crippen molar-refractivity contribution in [3.05, 3.63) is 53.9 Å². The van der Waals surface area contributed by atoms with Gasteiger partial charge in [0.05, 0.1) is 5.71 Å². The monoisotopic (exact) mass is 477 g/mol. The number of rotatable bonds is 15. The van der Waals surface area contributed by atoms with E-state index in [-0.39, 0.29) is 17.6 Å². The van der Waals surface area contributed by atoms with Crippen molar-refractivity contribution >= 4 is 17.6 Å². The molecule has 1 aromatic carbocycles. The number of imidazole rings is 1. The van der Waals surface area contributed by atoms with Crippen LogP contribution < -0.4 is 5.73 Å². The Morgan fingerprint density at radius 3 is 2.40 bits per heavy atom. The lowest BCUT2D eigenvalue weighted by Crippen LogP contribution is -2.09. The third kappa shape index (κ3) is 8.77. The third-order valence-electron chi connectivity index (χ3n) is 6.13. The number of anilines is 1. The van der Waals surface area contributed by atoms with E-state index in [1.807, 2.05) is 18.5 Å². The number of nitrogens with two attached hydrogens (primary N) is 1. The van der Waals surface area contributed by atoms with Gasteiger partial charge < -0.3 is 15.4 Å². The number of nitrogen functional groups attached to an aromatic ring is 1. The molecule has 0 atom stereocenters. The van der Waals surface area contributed by atoms with Crippen molar-refractivity contribution in [2.45, 2.75) is 91.0 Å². The van der Waals surface area contributed by atoms with Gasteiger partial charge in [0, 0.05) is 37.3 Å². The Balaban J connectivity index is 1.50. The van der Waals surface area contributed by atoms with Crippen LogP contribution in [0.25, 0.3) is 0 Å². The fourth-order valence-electron chi connectivity index (χ4n) is 4.16. The lowest BCUT2D eigenvalue weighted by Gasteiger charge is -2.08. The highest BCUT2D eigenvalue weighted by molar-refractivity contribution is 6.02. The molecule has 0 saturated carbocycles. The number of benzene rings is 1. The molecule has 8 nitrogen and oxygen atoms in total. The van der Waals surface area contributed by atoms with Gasteiger partial charge in [0.15, 0.2) is 0 Å². The van der Waals surface area contributed by atoms with Gasteiger partial charge in [-0.3, -0.25) is 0 Å². The number of aromatic nitrogens is 5. The summed E-state index contributed by atoms with van der Waals surface area (Å²) < 4.78 is 2.17. The van der Waals surface area contributed by atoms with Gasteiger partial charge in [0.1, 0.15) is 17.4 Å². The molecule has 0 fully saturated rings. The summed E-state index contributed by atoms with van der Waals surface area (Å²) in [6.07, 6.45) is 17.3. The van der Waals surface area contributed by atoms with Gasteiger partial charge in [-0.05, 0) is 25.5 Å². The highest BCUT2D eigenvalue weighted by Crippen LogP contribution is 2.19. The van der Waals surface area contributed by atoms with E-state index in [4.69, 9.17) is 5.73 Å². The molecule has 0 aliphatic heterocycles. The Bertz CT molecular complexity index is 1080. The summed E-state index contributed by atoms with van der Waals surface area (Å²) >= 11 is 0. The van der Waals surface area contributed by atoms with Crippen LogP contribution in [0.5, 0.6) is 5.75 Å². The quantitative estimate of drug-likeness (QED) is 0.211. The zero-order chi connectivity index (χ0) is 24.9. The van der Waals surface area contributed by atoms with E-state index in [2.05, 4.69) is 36.4 Å². The molecule has 35 heavy (non-hydrogen) atoms. The SMILES string of the molecule is CCCCCCCCCCCc1nccn1CCc1nc(N)nc(/N=C(\C)c2ccccc2O)n1. The number of nitrogens with zero attached hydrogens (tertiary/aromatic N) is 6. The fourth-order valence-corrected chi connectivity index (χ4v) is 4.16. The molecule has 8 heteroatoms. The van der Waals surface area contributed by atoms with Crippen molar-refractivity contribution in [3.63, 3.8) is 0 Å². The Morgan fingerprint density at radius 1 is 0.943 bits per heavy atom. The van der Waals surface area contributed by atoms with Gasteiger partial charge in [0.25, 0.3) is 5.95 Å². The molecule has 3 aromatic rings. The summed E-state index contributed by atoms with van der Waals surface area (Å²) in [7, 11) is 0. The first-order chi connectivity index (χ1) is 17.1. The van der Waals surface area contributed by atoms with Crippen molar-refractivity contribution in [2.24, 2.45) is 4.99 Å². The van der Waals surface area contributed by atoms with Crippen LogP contribution in [0.15, 0.2) is 41.7 Å². The molecule has 0 spiro atoms. The van der Waals surface area contributed by atoms with E-state index < -0.39 is 0 Å². The van der Waals surface area contributed by atoms with E-state index in [1.54, 1.807) is 25.1 Å². The molecule has 2 heterocycles. The number of aromatic hydroxyl groups is 1. The minimum absolute atomic E-state index is 0.138. The van der Waals surface area contributed by atoms with Gasteiger partial charge >= 0.3 is 0 Å². The van der Waals surface area contributed by atoms with Crippen LogP contribution in [0.1, 0.15) is 88.8 Å². The second kappa shape index (κ2) is 14.2. The lowest BCUT2D eigenvalue weighted by atomic mass is 10.1. The number of aryl methyl sites for hydroxylation is 3. The van der Waals surface area contributed by atoms with Gasteiger partial charge in [-0.2, -0.15) is 15.0 Å². The van der Waals surface area contributed by atoms with Crippen LogP contribution in [0.4, 0.5) is 11.9 Å². The number of hydrogen-bond donors (Lipinski definition) is 2. The molecular formula is C27H39N7O. The first-order valence-electron chi connectivity index (χ1n) is 12.9. The van der Waals surface area contributed by atoms with Gasteiger partial charge in [-0.15, -0.1) is 0 Å². The molecule has 0 bridgehead atoms. The highest BCUT2D eigenvalue weighted by Gasteiger charge is 2.09. The third-order valence-corrected chi connectivity index (χ3v) is 6.13. The summed E-state index contributed by atoms with van der Waals surface area (Å²) in [6.45, 7) is 4.78. The molecule has 0 saturated heterocycles. The average Bonchev–Trinajstić information content (AvgIpc) is 3.29. The van der Waals surface area contributed by atoms with E-state index >= 15 is 0 Å². The Labute approximate surface area is 208 Å². The Hall–Kier alpha value is -3.29. The number of hydrogen-bond acceptors (Lipinski definition) is 7. The normalized spacial score (nSPS) is 11.8. The maximum Gasteiger partial charge on any atom is 0.254 e. The van der Waals surface area contributed by atoms with Crippen molar-refractivity contribution in [1.82, 2.24) is 24.5 Å². The number of aliphatic imine (C=N–C) groups is 1. The summed E-state index contributed by atoms with van der Waals surface area (Å²) in [6, 6.07) is 7.04. The smallest absolute Gasteiger partial charge is 0.254 e. The predicted molar refractivity (Wildman–Crippen MR) is 141 cm³/mol. The van der Waals surface area contributed by atoms with Gasteiger partial charge in [0.2, 0.25) is 5.95 Å². The zero-order valence-corrected chi connectivity index (χ0v) is 21.2. The van der Waals surface area contributed by atoms with Gasteiger partial charge in [-0.1, -0.05) is 70.4 Å². The molecule has 0 aliphatic carbocycles. The van der Waals surface area contributed by atoms with Crippen molar-refractivity contribution in [1.29, 1.82) is 0 Å². The lowest BCUT2D eigenvalue weighted by molar-refractivity contribution is 0.474. The van der Waals surface area contributed by atoms with Gasteiger partial charge in [-0.25, -0.2) is 9.98 Å². The first-order valence-corrected chi connectivity index (χ1v) is 12.9. The Morgan fingerprint density at radius 2 is 1.66 bits per heavy atom. The number of para-hydroxylation sites is 1. The van der Waals surface area contributed by atoms with Crippen LogP contribution >= 0.6 is 0 Å². The highest BCUT2D eigenvalue weighted by atomic mass is 16.3. The molecule has 0 radical (unpaired) electrons. The second-order valence-corrected chi connectivity index (χ2v) is 8.99. The fraction of sp³-hybridized carbons (Fsp3) is 0.519. The number of phenols is 1. The summed E-state index contributed by atoms with van der Waals surface area (Å²) in [5.41, 5.74) is 7.16. The van der Waals surface area contributed by atoms with Crippen molar-refractivity contribution in [2.75, 3.05) is 5.73 Å². The maximum absolute atomic E-state index is 10.1. The minimum atomic E-state index is 0.138. The molecule has 3 rings (SSSR count). The van der Waals surface area contributed by atoms with E-state index in [0.29, 0.717) is 23.5 Å². The average molecular weight is 478 g/mol. The standard InChI is InChI=1S/C27H39N7O/c1-3-4-5-6-7-8-9-10-11-16-25-29-18-20-34(25)19-17-24-31-26(28)33-27(32-24)30-21(2)22-14-12-13-15-23(22)35/h12-15,18,20,35H,3-11,16-17,19H2,1-2H3,(H2,28,31,32,33)/b30-21+. The first kappa shape index (κ1) is 26.3. The number of phenolic OH excluding ortho intramolecular Hbond substituents is 1. The maximum atomic E-state index is 10.1. The van der Waals surface area contributed by atoms with Crippen LogP contribution in [0, 0.1) is 0 Å². The Kier molecular flexibility index (Phi) is 10.7. The van der Waals surface area contributed by atoms with E-state index in [1.165, 1.54) is 51.4 Å². The molecule has 3 N–H and O–H groups in total. The molecule has 0 amide bonds. The summed E-state index contributed by atoms with van der Waals surface area (Å²) in [5.74, 6) is 2.23. The predicted octanol–water partition coefficient (Wildman–Crippen LogP) is 5.81. The van der Waals surface area contributed by atoms with Crippen LogP contribution in [-0.2, 0) is 19.4 Å². The second-order valence-electron chi connectivity index (χ2n) is 8.99. The van der Waals surface area contributed by atoms with Crippen molar-refractivity contribution < 1.29 is 5.11 Å². The van der Waals surface area contributed by atoms with Crippen LogP contribution in [0.3, 0.4) is 0 Å². The summed E-state index contributed by atoms with van der Waals surface area (Å²) in [5, 5.41) is 10.1. The zero-order valence-electron chi connectivity index (χ0n) is 21.2. The molecule has 2 aromatic heterocycles. The number of unbranched alkanes of at least 4 members (excludes halogenated alkanes) is 8. The minimum Gasteiger partial charge on any atom is -0.507 e. The molecule has 0 unspecified atom stereocenters. The van der Waals surface area contributed by atoms with Crippen molar-refractivity contribution in [3.8, 4) is 5.75 Å². The van der Waals surface area contributed by atoms with Crippen LogP contribution in [0.2, 0.25) is 0 Å². The van der Waals surface area contributed by atoms with E-state index in [9.17, 15) is 5.11 Å². The van der Waals surface area contributed by atoms with E-state index in [0.717, 1.165) is 25.2 Å². The largest absolute Gasteiger partial charge is 0.507 e. The van der Waals surface area contributed by atoms with Crippen LogP contribution in [-0.4, -0.2) is 35.3 Å².